The summed E-state index contributed by atoms with van der Waals surface area (Å²) in [5, 5.41) is 7.27. The fourth-order valence-electron chi connectivity index (χ4n) is 4.07. The number of H-pyrrole nitrogens is 1. The van der Waals surface area contributed by atoms with Crippen LogP contribution in [0, 0.1) is 17.5 Å². The first-order valence-electron chi connectivity index (χ1n) is 10.6. The van der Waals surface area contributed by atoms with Gasteiger partial charge >= 0.3 is 5.97 Å². The number of carbonyl (C=O) groups is 2. The zero-order valence-electron chi connectivity index (χ0n) is 18.8. The molecule has 34 heavy (non-hydrogen) atoms. The Morgan fingerprint density at radius 3 is 2.44 bits per heavy atom. The van der Waals surface area contributed by atoms with E-state index in [-0.39, 0.29) is 24.3 Å². The number of fused-ring (bicyclic) bond motifs is 1. The number of carbonyl (C=O) groups excluding carboxylic acids is 2. The second kappa shape index (κ2) is 8.81. The average Bonchev–Trinajstić information content (AvgIpc) is 3.19. The molecule has 0 fully saturated rings. The van der Waals surface area contributed by atoms with Crippen molar-refractivity contribution in [2.45, 2.75) is 26.2 Å². The Morgan fingerprint density at radius 1 is 1.09 bits per heavy atom. The minimum absolute atomic E-state index is 0.0548. The molecule has 9 heteroatoms. The maximum atomic E-state index is 13.8. The first-order valence-corrected chi connectivity index (χ1v) is 10.6. The van der Waals surface area contributed by atoms with Gasteiger partial charge in [0, 0.05) is 34.9 Å². The van der Waals surface area contributed by atoms with Crippen LogP contribution in [0.5, 0.6) is 0 Å². The molecule has 4 rings (SSSR count). The van der Waals surface area contributed by atoms with Gasteiger partial charge in [0.15, 0.2) is 11.6 Å². The Morgan fingerprint density at radius 2 is 1.79 bits per heavy atom. The number of ether oxygens (including phenoxy) is 1. The van der Waals surface area contributed by atoms with Crippen molar-refractivity contribution >= 4 is 17.4 Å². The summed E-state index contributed by atoms with van der Waals surface area (Å²) in [6.07, 6.45) is 1.34. The van der Waals surface area contributed by atoms with Crippen molar-refractivity contribution in [1.82, 2.24) is 15.1 Å². The van der Waals surface area contributed by atoms with Gasteiger partial charge in [0.2, 0.25) is 0 Å². The van der Waals surface area contributed by atoms with Crippen molar-refractivity contribution in [3.05, 3.63) is 82.9 Å². The minimum atomic E-state index is -1.15. The lowest BCUT2D eigenvalue weighted by Gasteiger charge is -2.30. The van der Waals surface area contributed by atoms with Crippen molar-refractivity contribution in [3.63, 3.8) is 0 Å². The first-order chi connectivity index (χ1) is 16.1. The summed E-state index contributed by atoms with van der Waals surface area (Å²) < 4.78 is 45.9. The van der Waals surface area contributed by atoms with Gasteiger partial charge in [-0.2, -0.15) is 5.10 Å². The number of hydrogen-bond acceptors (Lipinski definition) is 4. The lowest BCUT2D eigenvalue weighted by molar-refractivity contribution is -0.136. The molecule has 0 atom stereocenters. The Kier molecular flexibility index (Phi) is 6.03. The zero-order valence-corrected chi connectivity index (χ0v) is 18.8. The standard InChI is InChI=1S/C25H22F3N3O3/c1-4-34-24(33)17-12-31(23(32)15-7-10-18(27)19(28)11-15)13-25(2,3)20-21(29-30-22(17)20)14-5-8-16(26)9-6-14/h5-12H,4,13H2,1-3H3,(H,29,30). The lowest BCUT2D eigenvalue weighted by atomic mass is 9.80. The number of rotatable bonds is 4. The minimum Gasteiger partial charge on any atom is -0.462 e. The maximum Gasteiger partial charge on any atom is 0.341 e. The monoisotopic (exact) mass is 469 g/mol. The van der Waals surface area contributed by atoms with Gasteiger partial charge < -0.3 is 9.64 Å². The van der Waals surface area contributed by atoms with Gasteiger partial charge in [-0.1, -0.05) is 13.8 Å². The van der Waals surface area contributed by atoms with Crippen LogP contribution in [0.3, 0.4) is 0 Å². The molecule has 6 nitrogen and oxygen atoms in total. The molecule has 1 aliphatic rings. The van der Waals surface area contributed by atoms with Gasteiger partial charge in [-0.3, -0.25) is 9.89 Å². The maximum absolute atomic E-state index is 13.8. The number of benzene rings is 2. The number of aromatic nitrogens is 2. The predicted octanol–water partition coefficient (Wildman–Crippen LogP) is 4.83. The van der Waals surface area contributed by atoms with Crippen LogP contribution in [0.25, 0.3) is 16.8 Å². The van der Waals surface area contributed by atoms with Crippen molar-refractivity contribution in [2.24, 2.45) is 0 Å². The van der Waals surface area contributed by atoms with Crippen molar-refractivity contribution < 1.29 is 27.5 Å². The molecule has 1 aromatic heterocycles. The van der Waals surface area contributed by atoms with Gasteiger partial charge in [0.25, 0.3) is 5.91 Å². The first kappa shape index (κ1) is 23.3. The van der Waals surface area contributed by atoms with Gasteiger partial charge in [0.1, 0.15) is 11.4 Å². The van der Waals surface area contributed by atoms with E-state index in [1.54, 1.807) is 19.1 Å². The molecule has 2 heterocycles. The third kappa shape index (κ3) is 4.21. The fourth-order valence-corrected chi connectivity index (χ4v) is 4.07. The van der Waals surface area contributed by atoms with Gasteiger partial charge in [-0.05, 0) is 49.4 Å². The molecule has 3 aromatic rings. The second-order valence-corrected chi connectivity index (χ2v) is 8.54. The third-order valence-corrected chi connectivity index (χ3v) is 5.60. The number of esters is 1. The van der Waals surface area contributed by atoms with Crippen LogP contribution < -0.4 is 0 Å². The summed E-state index contributed by atoms with van der Waals surface area (Å²) >= 11 is 0. The molecule has 176 valence electrons. The Balaban J connectivity index is 1.85. The molecule has 2 aromatic carbocycles. The number of nitrogens with zero attached hydrogens (tertiary/aromatic N) is 2. The Labute approximate surface area is 194 Å². The van der Waals surface area contributed by atoms with Crippen LogP contribution in [0.1, 0.15) is 42.4 Å². The van der Waals surface area contributed by atoms with E-state index in [4.69, 9.17) is 4.74 Å². The van der Waals surface area contributed by atoms with Gasteiger partial charge in [-0.15, -0.1) is 0 Å². The number of aromatic amines is 1. The van der Waals surface area contributed by atoms with Crippen LogP contribution in [0.4, 0.5) is 13.2 Å². The highest BCUT2D eigenvalue weighted by Gasteiger charge is 2.39. The van der Waals surface area contributed by atoms with E-state index in [2.05, 4.69) is 10.2 Å². The van der Waals surface area contributed by atoms with E-state index in [9.17, 15) is 22.8 Å². The fraction of sp³-hybridized carbons (Fsp3) is 0.240. The highest BCUT2D eigenvalue weighted by Crippen LogP contribution is 2.40. The second-order valence-electron chi connectivity index (χ2n) is 8.54. The van der Waals surface area contributed by atoms with E-state index in [1.807, 2.05) is 13.8 Å². The smallest absolute Gasteiger partial charge is 0.341 e. The van der Waals surface area contributed by atoms with Gasteiger partial charge in [0.05, 0.1) is 18.0 Å². The van der Waals surface area contributed by atoms with Gasteiger partial charge in [-0.25, -0.2) is 18.0 Å². The lowest BCUT2D eigenvalue weighted by Crippen LogP contribution is -2.37. The summed E-state index contributed by atoms with van der Waals surface area (Å²) in [5.41, 5.74) is 1.34. The van der Waals surface area contributed by atoms with Crippen molar-refractivity contribution in [2.75, 3.05) is 13.2 Å². The molecule has 0 unspecified atom stereocenters. The number of nitrogens with one attached hydrogen (secondary N) is 1. The molecular formula is C25H22F3N3O3. The normalized spacial score (nSPS) is 14.8. The molecular weight excluding hydrogens is 447 g/mol. The topological polar surface area (TPSA) is 75.3 Å². The quantitative estimate of drug-likeness (QED) is 0.556. The van der Waals surface area contributed by atoms with E-state index in [0.29, 0.717) is 22.5 Å². The summed E-state index contributed by atoms with van der Waals surface area (Å²) in [7, 11) is 0. The third-order valence-electron chi connectivity index (χ3n) is 5.60. The number of hydrogen-bond donors (Lipinski definition) is 1. The summed E-state index contributed by atoms with van der Waals surface area (Å²) in [6.45, 7) is 5.57. The van der Waals surface area contributed by atoms with Crippen LogP contribution in [-0.4, -0.2) is 40.1 Å². The molecule has 0 saturated heterocycles. The molecule has 0 aliphatic carbocycles. The average molecular weight is 469 g/mol. The highest BCUT2D eigenvalue weighted by atomic mass is 19.2. The van der Waals surface area contributed by atoms with E-state index >= 15 is 0 Å². The Hall–Kier alpha value is -3.88. The molecule has 0 bridgehead atoms. The summed E-state index contributed by atoms with van der Waals surface area (Å²) in [4.78, 5) is 27.4. The molecule has 0 spiro atoms. The van der Waals surface area contributed by atoms with E-state index < -0.39 is 34.7 Å². The molecule has 1 amide bonds. The van der Waals surface area contributed by atoms with Crippen LogP contribution in [0.15, 0.2) is 48.7 Å². The molecule has 1 aliphatic heterocycles. The summed E-state index contributed by atoms with van der Waals surface area (Å²) in [5.74, 6) is -3.92. The van der Waals surface area contributed by atoms with Crippen molar-refractivity contribution in [1.29, 1.82) is 0 Å². The largest absolute Gasteiger partial charge is 0.462 e. The van der Waals surface area contributed by atoms with Crippen molar-refractivity contribution in [3.8, 4) is 11.3 Å². The number of amides is 1. The van der Waals surface area contributed by atoms with Crippen LogP contribution >= 0.6 is 0 Å². The molecule has 1 N–H and O–H groups in total. The summed E-state index contributed by atoms with van der Waals surface area (Å²) in [6, 6.07) is 8.64. The predicted molar refractivity (Wildman–Crippen MR) is 119 cm³/mol. The Bertz CT molecular complexity index is 1300. The van der Waals surface area contributed by atoms with E-state index in [1.165, 1.54) is 29.3 Å². The molecule has 0 saturated carbocycles. The highest BCUT2D eigenvalue weighted by molar-refractivity contribution is 6.17. The van der Waals surface area contributed by atoms with Crippen LogP contribution in [-0.2, 0) is 14.9 Å². The molecule has 0 radical (unpaired) electrons. The van der Waals surface area contributed by atoms with Crippen LogP contribution in [0.2, 0.25) is 0 Å². The zero-order chi connectivity index (χ0) is 24.6. The van der Waals surface area contributed by atoms with E-state index in [0.717, 1.165) is 12.1 Å². The SMILES string of the molecule is CCOC(=O)C1=CN(C(=O)c2ccc(F)c(F)c2)CC(C)(C)c2c(-c3ccc(F)cc3)n[nH]c21. The number of halogens is 3.